The first-order valence-electron chi connectivity index (χ1n) is 5.81. The number of nitrogens with zero attached hydrogens (tertiary/aromatic N) is 1. The van der Waals surface area contributed by atoms with Crippen molar-refractivity contribution >= 4 is 11.6 Å². The molecule has 0 aromatic heterocycles. The highest BCUT2D eigenvalue weighted by Gasteiger charge is 2.17. The Bertz CT molecular complexity index is 455. The molecule has 0 radical (unpaired) electrons. The van der Waals surface area contributed by atoms with Crippen LogP contribution in [0, 0.1) is 10.1 Å². The Labute approximate surface area is 104 Å². The lowest BCUT2D eigenvalue weighted by atomic mass is 10.2. The number of hydrogen-bond acceptors (Lipinski definition) is 4. The predicted octanol–water partition coefficient (Wildman–Crippen LogP) is 1.50. The molecule has 1 aromatic carbocycles. The third-order valence-corrected chi connectivity index (χ3v) is 2.83. The van der Waals surface area contributed by atoms with Gasteiger partial charge in [-0.05, 0) is 18.9 Å². The van der Waals surface area contributed by atoms with Gasteiger partial charge in [0.05, 0.1) is 11.0 Å². The van der Waals surface area contributed by atoms with Gasteiger partial charge in [-0.3, -0.25) is 14.9 Å². The SMILES string of the molecule is O=C(NCC1CCCO1)c1cccc([N+](=O)[O-])c1. The van der Waals surface area contributed by atoms with Gasteiger partial charge in [0.25, 0.3) is 11.6 Å². The normalized spacial score (nSPS) is 18.6. The maximum atomic E-state index is 11.8. The summed E-state index contributed by atoms with van der Waals surface area (Å²) in [5.74, 6) is -0.311. The number of hydrogen-bond donors (Lipinski definition) is 1. The molecule has 1 aliphatic rings. The van der Waals surface area contributed by atoms with Gasteiger partial charge >= 0.3 is 0 Å². The molecule has 0 spiro atoms. The van der Waals surface area contributed by atoms with Crippen molar-refractivity contribution in [3.63, 3.8) is 0 Å². The Morgan fingerprint density at radius 3 is 3.06 bits per heavy atom. The maximum absolute atomic E-state index is 11.8. The number of carbonyl (C=O) groups is 1. The molecule has 1 amide bonds. The molecule has 18 heavy (non-hydrogen) atoms. The van der Waals surface area contributed by atoms with Gasteiger partial charge in [0.2, 0.25) is 0 Å². The molecule has 96 valence electrons. The molecule has 0 aliphatic carbocycles. The fraction of sp³-hybridized carbons (Fsp3) is 0.417. The highest BCUT2D eigenvalue weighted by Crippen LogP contribution is 2.14. The molecule has 0 saturated carbocycles. The van der Waals surface area contributed by atoms with Crippen LogP contribution >= 0.6 is 0 Å². The third-order valence-electron chi connectivity index (χ3n) is 2.83. The number of ether oxygens (including phenoxy) is 1. The van der Waals surface area contributed by atoms with Crippen LogP contribution in [0.5, 0.6) is 0 Å². The Morgan fingerprint density at radius 1 is 1.56 bits per heavy atom. The van der Waals surface area contributed by atoms with Gasteiger partial charge in [0, 0.05) is 30.8 Å². The second-order valence-electron chi connectivity index (χ2n) is 4.15. The van der Waals surface area contributed by atoms with E-state index in [0.29, 0.717) is 12.1 Å². The fourth-order valence-electron chi connectivity index (χ4n) is 1.87. The molecule has 1 aromatic rings. The zero-order valence-corrected chi connectivity index (χ0v) is 9.80. The summed E-state index contributed by atoms with van der Waals surface area (Å²) < 4.78 is 5.38. The Hall–Kier alpha value is -1.95. The van der Waals surface area contributed by atoms with E-state index in [0.717, 1.165) is 19.4 Å². The fourth-order valence-corrected chi connectivity index (χ4v) is 1.87. The number of rotatable bonds is 4. The second kappa shape index (κ2) is 5.59. The summed E-state index contributed by atoms with van der Waals surface area (Å²) in [6.07, 6.45) is 2.01. The van der Waals surface area contributed by atoms with E-state index in [1.807, 2.05) is 0 Å². The van der Waals surface area contributed by atoms with Crippen LogP contribution < -0.4 is 5.32 Å². The van der Waals surface area contributed by atoms with Crippen molar-refractivity contribution in [1.82, 2.24) is 5.32 Å². The Balaban J connectivity index is 1.95. The van der Waals surface area contributed by atoms with Gasteiger partial charge in [0.1, 0.15) is 0 Å². The van der Waals surface area contributed by atoms with E-state index in [-0.39, 0.29) is 17.7 Å². The number of carbonyl (C=O) groups excluding carboxylic acids is 1. The van der Waals surface area contributed by atoms with E-state index in [4.69, 9.17) is 4.74 Å². The molecule has 6 nitrogen and oxygen atoms in total. The molecule has 1 N–H and O–H groups in total. The molecule has 1 saturated heterocycles. The standard InChI is InChI=1S/C12H14N2O4/c15-12(13-8-11-5-2-6-18-11)9-3-1-4-10(7-9)14(16)17/h1,3-4,7,11H,2,5-6,8H2,(H,13,15). The molecular formula is C12H14N2O4. The van der Waals surface area contributed by atoms with Gasteiger partial charge in [-0.1, -0.05) is 6.07 Å². The van der Waals surface area contributed by atoms with Crippen LogP contribution in [-0.2, 0) is 4.74 Å². The summed E-state index contributed by atoms with van der Waals surface area (Å²) >= 11 is 0. The molecule has 6 heteroatoms. The number of benzene rings is 1. The molecular weight excluding hydrogens is 236 g/mol. The molecule has 1 atom stereocenters. The number of nitro benzene ring substituents is 1. The molecule has 2 rings (SSSR count). The van der Waals surface area contributed by atoms with Gasteiger partial charge in [-0.15, -0.1) is 0 Å². The average Bonchev–Trinajstić information content (AvgIpc) is 2.89. The van der Waals surface area contributed by atoms with Crippen molar-refractivity contribution < 1.29 is 14.5 Å². The Morgan fingerprint density at radius 2 is 2.39 bits per heavy atom. The van der Waals surface area contributed by atoms with Gasteiger partial charge in [-0.25, -0.2) is 0 Å². The highest BCUT2D eigenvalue weighted by molar-refractivity contribution is 5.94. The van der Waals surface area contributed by atoms with Crippen molar-refractivity contribution in [3.05, 3.63) is 39.9 Å². The van der Waals surface area contributed by atoms with E-state index in [9.17, 15) is 14.9 Å². The average molecular weight is 250 g/mol. The van der Waals surface area contributed by atoms with Crippen LogP contribution in [0.25, 0.3) is 0 Å². The minimum atomic E-state index is -0.517. The molecule has 0 bridgehead atoms. The largest absolute Gasteiger partial charge is 0.376 e. The van der Waals surface area contributed by atoms with Crippen LogP contribution in [0.1, 0.15) is 23.2 Å². The first kappa shape index (κ1) is 12.5. The second-order valence-corrected chi connectivity index (χ2v) is 4.15. The zero-order valence-electron chi connectivity index (χ0n) is 9.80. The van der Waals surface area contributed by atoms with Crippen LogP contribution in [-0.4, -0.2) is 30.1 Å². The molecule has 1 aliphatic heterocycles. The van der Waals surface area contributed by atoms with Crippen molar-refractivity contribution in [2.45, 2.75) is 18.9 Å². The number of non-ortho nitro benzene ring substituents is 1. The third kappa shape index (κ3) is 3.04. The molecule has 1 fully saturated rings. The summed E-state index contributed by atoms with van der Waals surface area (Å²) in [7, 11) is 0. The summed E-state index contributed by atoms with van der Waals surface area (Å²) in [4.78, 5) is 21.9. The number of nitro groups is 1. The molecule has 1 unspecified atom stereocenters. The summed E-state index contributed by atoms with van der Waals surface area (Å²) in [6.45, 7) is 1.18. The van der Waals surface area contributed by atoms with E-state index < -0.39 is 4.92 Å². The lowest BCUT2D eigenvalue weighted by Gasteiger charge is -2.10. The van der Waals surface area contributed by atoms with Crippen LogP contribution in [0.4, 0.5) is 5.69 Å². The lowest BCUT2D eigenvalue weighted by molar-refractivity contribution is -0.384. The van der Waals surface area contributed by atoms with Crippen LogP contribution in [0.3, 0.4) is 0 Å². The van der Waals surface area contributed by atoms with Gasteiger partial charge in [-0.2, -0.15) is 0 Å². The quantitative estimate of drug-likeness (QED) is 0.648. The minimum absolute atomic E-state index is 0.0626. The maximum Gasteiger partial charge on any atom is 0.270 e. The van der Waals surface area contributed by atoms with Crippen molar-refractivity contribution in [2.75, 3.05) is 13.2 Å². The van der Waals surface area contributed by atoms with E-state index in [1.54, 1.807) is 6.07 Å². The summed E-state index contributed by atoms with van der Waals surface area (Å²) in [5.41, 5.74) is 0.210. The predicted molar refractivity (Wildman–Crippen MR) is 64.4 cm³/mol. The zero-order chi connectivity index (χ0) is 13.0. The Kier molecular flexibility index (Phi) is 3.88. The topological polar surface area (TPSA) is 81.5 Å². The van der Waals surface area contributed by atoms with E-state index >= 15 is 0 Å². The first-order chi connectivity index (χ1) is 8.66. The first-order valence-corrected chi connectivity index (χ1v) is 5.81. The highest BCUT2D eigenvalue weighted by atomic mass is 16.6. The minimum Gasteiger partial charge on any atom is -0.376 e. The van der Waals surface area contributed by atoms with Crippen molar-refractivity contribution in [1.29, 1.82) is 0 Å². The van der Waals surface area contributed by atoms with E-state index in [2.05, 4.69) is 5.32 Å². The van der Waals surface area contributed by atoms with Crippen molar-refractivity contribution in [2.24, 2.45) is 0 Å². The smallest absolute Gasteiger partial charge is 0.270 e. The van der Waals surface area contributed by atoms with Gasteiger partial charge < -0.3 is 10.1 Å². The number of amides is 1. The number of nitrogens with one attached hydrogen (secondary N) is 1. The summed E-state index contributed by atoms with van der Waals surface area (Å²) in [5, 5.41) is 13.3. The lowest BCUT2D eigenvalue weighted by Crippen LogP contribution is -2.31. The van der Waals surface area contributed by atoms with Gasteiger partial charge in [0.15, 0.2) is 0 Å². The summed E-state index contributed by atoms with van der Waals surface area (Å²) in [6, 6.07) is 5.68. The van der Waals surface area contributed by atoms with Crippen LogP contribution in [0.2, 0.25) is 0 Å². The molecule has 1 heterocycles. The van der Waals surface area contributed by atoms with E-state index in [1.165, 1.54) is 18.2 Å². The van der Waals surface area contributed by atoms with Crippen LogP contribution in [0.15, 0.2) is 24.3 Å². The monoisotopic (exact) mass is 250 g/mol. The van der Waals surface area contributed by atoms with Crippen molar-refractivity contribution in [3.8, 4) is 0 Å².